The second-order valence-corrected chi connectivity index (χ2v) is 17.8. The Morgan fingerprint density at radius 3 is 2.04 bits per heavy atom. The van der Waals surface area contributed by atoms with E-state index in [1.54, 1.807) is 14.2 Å². The monoisotopic (exact) mass is 633 g/mol. The highest BCUT2D eigenvalue weighted by atomic mass is 28.4. The molecule has 1 fully saturated rings. The summed E-state index contributed by atoms with van der Waals surface area (Å²) in [6.45, 7) is 13.0. The van der Waals surface area contributed by atoms with E-state index in [0.29, 0.717) is 29.9 Å². The molecule has 4 rings (SSSR count). The first-order chi connectivity index (χ1) is 21.4. The summed E-state index contributed by atoms with van der Waals surface area (Å²) in [5.41, 5.74) is 3.58. The predicted octanol–water partition coefficient (Wildman–Crippen LogP) is 7.29. The van der Waals surface area contributed by atoms with Crippen LogP contribution in [0.15, 0.2) is 72.8 Å². The Labute approximate surface area is 268 Å². The molecule has 0 spiro atoms. The van der Waals surface area contributed by atoms with E-state index in [2.05, 4.69) is 33.9 Å². The van der Waals surface area contributed by atoms with Crippen molar-refractivity contribution in [3.05, 3.63) is 95.1 Å². The number of amides is 2. The van der Waals surface area contributed by atoms with E-state index in [0.717, 1.165) is 16.7 Å². The highest BCUT2D eigenvalue weighted by Gasteiger charge is 2.48. The van der Waals surface area contributed by atoms with Gasteiger partial charge in [-0.3, -0.25) is 4.79 Å². The molecule has 0 unspecified atom stereocenters. The van der Waals surface area contributed by atoms with Crippen LogP contribution in [0.3, 0.4) is 0 Å². The Kier molecular flexibility index (Phi) is 11.1. The molecule has 0 aliphatic carbocycles. The zero-order valence-electron chi connectivity index (χ0n) is 27.8. The Hall–Kier alpha value is -3.66. The second kappa shape index (κ2) is 14.6. The first-order valence-corrected chi connectivity index (χ1v) is 18.4. The van der Waals surface area contributed by atoms with Crippen molar-refractivity contribution >= 4 is 20.3 Å². The zero-order chi connectivity index (χ0) is 32.8. The summed E-state index contributed by atoms with van der Waals surface area (Å²) in [4.78, 5) is 29.1. The predicted molar refractivity (Wildman–Crippen MR) is 177 cm³/mol. The fourth-order valence-electron chi connectivity index (χ4n) is 5.21. The average Bonchev–Trinajstić information content (AvgIpc) is 3.38. The van der Waals surface area contributed by atoms with Crippen LogP contribution >= 0.6 is 0 Å². The maximum Gasteiger partial charge on any atom is 0.417 e. The van der Waals surface area contributed by atoms with Gasteiger partial charge in [0.15, 0.2) is 14.4 Å². The van der Waals surface area contributed by atoms with Crippen molar-refractivity contribution in [1.82, 2.24) is 4.90 Å². The number of imide groups is 1. The van der Waals surface area contributed by atoms with Gasteiger partial charge in [-0.05, 0) is 66.7 Å². The Morgan fingerprint density at radius 1 is 0.956 bits per heavy atom. The van der Waals surface area contributed by atoms with Gasteiger partial charge in [-0.15, -0.1) is 0 Å². The molecule has 1 heterocycles. The van der Waals surface area contributed by atoms with Gasteiger partial charge in [-0.1, -0.05) is 81.4 Å². The maximum absolute atomic E-state index is 14.7. The van der Waals surface area contributed by atoms with E-state index < -0.39 is 38.6 Å². The van der Waals surface area contributed by atoms with Crippen molar-refractivity contribution in [1.29, 1.82) is 0 Å². The minimum Gasteiger partial charge on any atom is -0.496 e. The van der Waals surface area contributed by atoms with E-state index in [1.165, 1.54) is 4.90 Å². The molecule has 242 valence electrons. The summed E-state index contributed by atoms with van der Waals surface area (Å²) in [6, 6.07) is 23.0. The van der Waals surface area contributed by atoms with E-state index in [-0.39, 0.29) is 18.3 Å². The lowest BCUT2D eigenvalue weighted by Gasteiger charge is -2.41. The van der Waals surface area contributed by atoms with E-state index in [9.17, 15) is 9.59 Å². The number of rotatable bonds is 13. The van der Waals surface area contributed by atoms with Crippen molar-refractivity contribution in [3.8, 4) is 11.5 Å². The highest BCUT2D eigenvalue weighted by Crippen LogP contribution is 2.43. The molecule has 1 aliphatic rings. The molecule has 0 bridgehead atoms. The number of hydrogen-bond acceptors (Lipinski definition) is 7. The van der Waals surface area contributed by atoms with Gasteiger partial charge < -0.3 is 23.4 Å². The summed E-state index contributed by atoms with van der Waals surface area (Å²) in [6.07, 6.45) is -1.64. The number of benzene rings is 3. The molecule has 1 aliphatic heterocycles. The molecule has 3 aromatic rings. The molecule has 8 nitrogen and oxygen atoms in total. The first-order valence-electron chi connectivity index (χ1n) is 15.5. The number of nitrogens with zero attached hydrogens (tertiary/aromatic N) is 1. The molecule has 0 radical (unpaired) electrons. The Bertz CT molecular complexity index is 1410. The van der Waals surface area contributed by atoms with Crippen molar-refractivity contribution in [2.24, 2.45) is 0 Å². The number of carbonyl (C=O) groups excluding carboxylic acids is 2. The lowest BCUT2D eigenvalue weighted by atomic mass is 9.99. The van der Waals surface area contributed by atoms with Gasteiger partial charge in [0.05, 0.1) is 26.9 Å². The van der Waals surface area contributed by atoms with Crippen molar-refractivity contribution in [2.45, 2.75) is 76.9 Å². The third kappa shape index (κ3) is 8.14. The average molecular weight is 634 g/mol. The first kappa shape index (κ1) is 34.2. The van der Waals surface area contributed by atoms with Crippen LogP contribution in [-0.2, 0) is 31.5 Å². The molecular weight excluding hydrogens is 586 g/mol. The quantitative estimate of drug-likeness (QED) is 0.183. The summed E-state index contributed by atoms with van der Waals surface area (Å²) in [5.74, 6) is 0.714. The summed E-state index contributed by atoms with van der Waals surface area (Å²) >= 11 is 0. The van der Waals surface area contributed by atoms with Crippen LogP contribution in [-0.4, -0.2) is 64.8 Å². The SMILES string of the molecule is COc1cc([C@@H](O[Si](C)(C)C(C)(C)C)[C@@H](OCCc2ccccc2)C(=O)N2C(=O)OC[C@@H]2Cc2ccccc2)cc(OC)c1C. The molecular formula is C36H47NO7Si. The molecule has 3 aromatic carbocycles. The Balaban J connectivity index is 1.80. The van der Waals surface area contributed by atoms with Crippen LogP contribution in [0.2, 0.25) is 18.1 Å². The summed E-state index contributed by atoms with van der Waals surface area (Å²) < 4.78 is 30.5. The van der Waals surface area contributed by atoms with E-state index >= 15 is 0 Å². The fraction of sp³-hybridized carbons (Fsp3) is 0.444. The molecule has 9 heteroatoms. The van der Waals surface area contributed by atoms with Crippen LogP contribution in [0.4, 0.5) is 4.79 Å². The van der Waals surface area contributed by atoms with Gasteiger partial charge in [0.2, 0.25) is 0 Å². The number of cyclic esters (lactones) is 1. The van der Waals surface area contributed by atoms with Crippen molar-refractivity contribution in [2.75, 3.05) is 27.4 Å². The third-order valence-corrected chi connectivity index (χ3v) is 13.3. The summed E-state index contributed by atoms with van der Waals surface area (Å²) in [7, 11) is 0.685. The molecule has 1 saturated heterocycles. The van der Waals surface area contributed by atoms with Crippen LogP contribution in [0.25, 0.3) is 0 Å². The Morgan fingerprint density at radius 2 is 1.51 bits per heavy atom. The lowest BCUT2D eigenvalue weighted by Crippen LogP contribution is -2.51. The van der Waals surface area contributed by atoms with Crippen LogP contribution < -0.4 is 9.47 Å². The molecule has 0 aromatic heterocycles. The van der Waals surface area contributed by atoms with Crippen molar-refractivity contribution in [3.63, 3.8) is 0 Å². The topological polar surface area (TPSA) is 83.5 Å². The largest absolute Gasteiger partial charge is 0.496 e. The number of ether oxygens (including phenoxy) is 4. The van der Waals surface area contributed by atoms with Gasteiger partial charge >= 0.3 is 6.09 Å². The van der Waals surface area contributed by atoms with Crippen molar-refractivity contribution < 1.29 is 33.0 Å². The third-order valence-electron chi connectivity index (χ3n) is 8.89. The number of methoxy groups -OCH3 is 2. The standard InChI is InChI=1S/C36H47NO7Si/c1-25-30(40-5)22-28(23-31(25)41-6)32(44-45(7,8)36(2,3)4)33(42-20-19-26-15-11-9-12-16-26)34(38)37-29(24-43-35(37)39)21-27-17-13-10-14-18-27/h9-18,22-23,29,32-33H,19-21,24H2,1-8H3/t29-,32+,33+/m0/s1. The van der Waals surface area contributed by atoms with Gasteiger partial charge in [0.25, 0.3) is 5.91 Å². The lowest BCUT2D eigenvalue weighted by molar-refractivity contribution is -0.149. The normalized spacial score (nSPS) is 16.7. The highest BCUT2D eigenvalue weighted by molar-refractivity contribution is 6.74. The second-order valence-electron chi connectivity index (χ2n) is 13.0. The van der Waals surface area contributed by atoms with Crippen LogP contribution in [0.5, 0.6) is 11.5 Å². The van der Waals surface area contributed by atoms with Gasteiger partial charge in [-0.25, -0.2) is 9.69 Å². The van der Waals surface area contributed by atoms with Crippen LogP contribution in [0.1, 0.15) is 49.1 Å². The molecule has 2 amide bonds. The van der Waals surface area contributed by atoms with E-state index in [4.69, 9.17) is 23.4 Å². The molecule has 0 N–H and O–H groups in total. The molecule has 45 heavy (non-hydrogen) atoms. The minimum absolute atomic E-state index is 0.107. The van der Waals surface area contributed by atoms with Gasteiger partial charge in [0, 0.05) is 5.56 Å². The summed E-state index contributed by atoms with van der Waals surface area (Å²) in [5, 5.41) is -0.176. The fourth-order valence-corrected chi connectivity index (χ4v) is 6.46. The van der Waals surface area contributed by atoms with Gasteiger partial charge in [0.1, 0.15) is 24.2 Å². The maximum atomic E-state index is 14.7. The minimum atomic E-state index is -2.51. The number of hydrogen-bond donors (Lipinski definition) is 0. The van der Waals surface area contributed by atoms with Crippen LogP contribution in [0, 0.1) is 6.92 Å². The molecule has 0 saturated carbocycles. The van der Waals surface area contributed by atoms with E-state index in [1.807, 2.05) is 79.7 Å². The van der Waals surface area contributed by atoms with Gasteiger partial charge in [-0.2, -0.15) is 0 Å². The number of carbonyl (C=O) groups is 2. The molecule has 3 atom stereocenters. The smallest absolute Gasteiger partial charge is 0.417 e. The zero-order valence-corrected chi connectivity index (χ0v) is 28.8.